The summed E-state index contributed by atoms with van der Waals surface area (Å²) >= 11 is 12.1. The summed E-state index contributed by atoms with van der Waals surface area (Å²) in [6.45, 7) is 0.345. The number of hydrogen-bond donors (Lipinski definition) is 3. The Hall–Kier alpha value is -2.24. The lowest BCUT2D eigenvalue weighted by molar-refractivity contribution is 0.0916. The number of benzene rings is 2. The first-order valence-corrected chi connectivity index (χ1v) is 10.1. The van der Waals surface area contributed by atoms with Crippen molar-refractivity contribution in [1.82, 2.24) is 16.0 Å². The molecule has 5 nitrogen and oxygen atoms in total. The molecule has 3 amide bonds. The molecule has 0 heterocycles. The van der Waals surface area contributed by atoms with Gasteiger partial charge in [0.1, 0.15) is 0 Å². The maximum atomic E-state index is 12.5. The molecule has 2 atom stereocenters. The summed E-state index contributed by atoms with van der Waals surface area (Å²) in [4.78, 5) is 24.9. The normalized spacial score (nSPS) is 18.9. The van der Waals surface area contributed by atoms with Gasteiger partial charge >= 0.3 is 6.03 Å². The second-order valence-corrected chi connectivity index (χ2v) is 7.74. The van der Waals surface area contributed by atoms with Crippen molar-refractivity contribution in [3.05, 3.63) is 69.7 Å². The van der Waals surface area contributed by atoms with Gasteiger partial charge in [0.15, 0.2) is 0 Å². The molecule has 0 aliphatic heterocycles. The van der Waals surface area contributed by atoms with Crippen LogP contribution in [0.1, 0.15) is 41.6 Å². The first-order chi connectivity index (χ1) is 13.5. The molecule has 1 saturated carbocycles. The Bertz CT molecular complexity index is 844. The molecule has 148 valence electrons. The third-order valence-electron chi connectivity index (χ3n) is 4.88. The molecule has 3 rings (SSSR count). The molecule has 28 heavy (non-hydrogen) atoms. The van der Waals surface area contributed by atoms with Crippen molar-refractivity contribution in [2.45, 2.75) is 44.3 Å². The molecule has 2 unspecified atom stereocenters. The van der Waals surface area contributed by atoms with Crippen LogP contribution in [-0.4, -0.2) is 24.0 Å². The lowest BCUT2D eigenvalue weighted by Gasteiger charge is -2.32. The van der Waals surface area contributed by atoms with Crippen molar-refractivity contribution >= 4 is 35.1 Å². The molecule has 0 spiro atoms. The van der Waals surface area contributed by atoms with Crippen LogP contribution in [0.2, 0.25) is 10.0 Å². The van der Waals surface area contributed by atoms with Crippen molar-refractivity contribution in [2.24, 2.45) is 0 Å². The molecule has 0 bridgehead atoms. The molecule has 7 heteroatoms. The Labute approximate surface area is 174 Å². The van der Waals surface area contributed by atoms with Crippen molar-refractivity contribution in [2.75, 3.05) is 0 Å². The molecule has 1 aliphatic carbocycles. The SMILES string of the molecule is O=C(NCc1ccccc1Cl)NC1CCCCC1NC(=O)c1cccc(Cl)c1. The van der Waals surface area contributed by atoms with Crippen molar-refractivity contribution < 1.29 is 9.59 Å². The Morgan fingerprint density at radius 3 is 2.36 bits per heavy atom. The second kappa shape index (κ2) is 9.80. The van der Waals surface area contributed by atoms with Gasteiger partial charge in [0.2, 0.25) is 0 Å². The summed E-state index contributed by atoms with van der Waals surface area (Å²) in [6, 6.07) is 13.7. The largest absolute Gasteiger partial charge is 0.347 e. The van der Waals surface area contributed by atoms with Crippen LogP contribution in [0, 0.1) is 0 Å². The topological polar surface area (TPSA) is 70.2 Å². The molecule has 2 aromatic carbocycles. The number of nitrogens with one attached hydrogen (secondary N) is 3. The zero-order chi connectivity index (χ0) is 19.9. The van der Waals surface area contributed by atoms with E-state index in [9.17, 15) is 9.59 Å². The number of carbonyl (C=O) groups is 2. The van der Waals surface area contributed by atoms with Crippen molar-refractivity contribution in [3.8, 4) is 0 Å². The Kier molecular flexibility index (Phi) is 7.18. The summed E-state index contributed by atoms with van der Waals surface area (Å²) in [5.74, 6) is -0.183. The van der Waals surface area contributed by atoms with E-state index in [1.807, 2.05) is 18.2 Å². The molecule has 3 N–H and O–H groups in total. The lowest BCUT2D eigenvalue weighted by atomic mass is 9.90. The van der Waals surface area contributed by atoms with E-state index in [1.54, 1.807) is 30.3 Å². The lowest BCUT2D eigenvalue weighted by Crippen LogP contribution is -2.55. The summed E-state index contributed by atoms with van der Waals surface area (Å²) in [5.41, 5.74) is 1.37. The van der Waals surface area contributed by atoms with Crippen LogP contribution < -0.4 is 16.0 Å². The molecule has 0 saturated heterocycles. The van der Waals surface area contributed by atoms with Crippen molar-refractivity contribution in [3.63, 3.8) is 0 Å². The average Bonchev–Trinajstić information content (AvgIpc) is 2.69. The molecule has 2 aromatic rings. The predicted octanol–water partition coefficient (Wildman–Crippen LogP) is 4.53. The number of amides is 3. The smallest absolute Gasteiger partial charge is 0.315 e. The van der Waals surface area contributed by atoms with Gasteiger partial charge < -0.3 is 16.0 Å². The fourth-order valence-electron chi connectivity index (χ4n) is 3.39. The Balaban J connectivity index is 1.56. The fraction of sp³-hybridized carbons (Fsp3) is 0.333. The highest BCUT2D eigenvalue weighted by molar-refractivity contribution is 6.31. The van der Waals surface area contributed by atoms with Gasteiger partial charge in [-0.25, -0.2) is 4.79 Å². The number of rotatable bonds is 5. The van der Waals surface area contributed by atoms with Gasteiger partial charge in [0.05, 0.1) is 6.04 Å². The first kappa shape index (κ1) is 20.5. The second-order valence-electron chi connectivity index (χ2n) is 6.90. The van der Waals surface area contributed by atoms with Gasteiger partial charge in [0, 0.05) is 28.2 Å². The van der Waals surface area contributed by atoms with Gasteiger partial charge in [-0.3, -0.25) is 4.79 Å². The van der Waals surface area contributed by atoms with E-state index >= 15 is 0 Å². The Morgan fingerprint density at radius 1 is 0.929 bits per heavy atom. The van der Waals surface area contributed by atoms with Crippen LogP contribution in [0.4, 0.5) is 4.79 Å². The molecular weight excluding hydrogens is 397 g/mol. The van der Waals surface area contributed by atoms with Crippen LogP contribution in [-0.2, 0) is 6.54 Å². The highest BCUT2D eigenvalue weighted by Crippen LogP contribution is 2.20. The summed E-state index contributed by atoms with van der Waals surface area (Å²) in [6.07, 6.45) is 3.67. The molecule has 1 fully saturated rings. The fourth-order valence-corrected chi connectivity index (χ4v) is 3.79. The average molecular weight is 420 g/mol. The van der Waals surface area contributed by atoms with Gasteiger partial charge in [-0.15, -0.1) is 0 Å². The number of urea groups is 1. The maximum absolute atomic E-state index is 12.5. The van der Waals surface area contributed by atoms with Gasteiger partial charge in [-0.05, 0) is 42.7 Å². The summed E-state index contributed by atoms with van der Waals surface area (Å²) in [7, 11) is 0. The maximum Gasteiger partial charge on any atom is 0.315 e. The summed E-state index contributed by atoms with van der Waals surface area (Å²) < 4.78 is 0. The van der Waals surface area contributed by atoms with Crippen LogP contribution in [0.5, 0.6) is 0 Å². The molecule has 0 aromatic heterocycles. The van der Waals surface area contributed by atoms with E-state index in [0.29, 0.717) is 22.2 Å². The molecule has 0 radical (unpaired) electrons. The monoisotopic (exact) mass is 419 g/mol. The predicted molar refractivity (Wildman–Crippen MR) is 112 cm³/mol. The molecule has 1 aliphatic rings. The minimum absolute atomic E-state index is 0.119. The minimum atomic E-state index is -0.270. The van der Waals surface area contributed by atoms with Crippen LogP contribution in [0.15, 0.2) is 48.5 Å². The zero-order valence-electron chi connectivity index (χ0n) is 15.4. The number of carbonyl (C=O) groups excluding carboxylic acids is 2. The third-order valence-corrected chi connectivity index (χ3v) is 5.49. The van der Waals surface area contributed by atoms with Crippen LogP contribution >= 0.6 is 23.2 Å². The van der Waals surface area contributed by atoms with E-state index in [4.69, 9.17) is 23.2 Å². The van der Waals surface area contributed by atoms with E-state index in [-0.39, 0.29) is 24.0 Å². The molecular formula is C21H23Cl2N3O2. The third kappa shape index (κ3) is 5.63. The summed E-state index contributed by atoms with van der Waals surface area (Å²) in [5, 5.41) is 10.0. The number of hydrogen-bond acceptors (Lipinski definition) is 2. The standard InChI is InChI=1S/C21H23Cl2N3O2/c22-16-8-5-7-14(12-16)20(27)25-18-10-3-4-11-19(18)26-21(28)24-13-15-6-1-2-9-17(15)23/h1-2,5-9,12,18-19H,3-4,10-11,13H2,(H,25,27)(H2,24,26,28). The first-order valence-electron chi connectivity index (χ1n) is 9.37. The quantitative estimate of drug-likeness (QED) is 0.665. The van der Waals surface area contributed by atoms with Gasteiger partial charge in [-0.1, -0.05) is 60.3 Å². The highest BCUT2D eigenvalue weighted by Gasteiger charge is 2.28. The van der Waals surface area contributed by atoms with E-state index in [0.717, 1.165) is 31.2 Å². The zero-order valence-corrected chi connectivity index (χ0v) is 16.9. The Morgan fingerprint density at radius 2 is 1.64 bits per heavy atom. The van der Waals surface area contributed by atoms with Gasteiger partial charge in [0.25, 0.3) is 5.91 Å². The van der Waals surface area contributed by atoms with Gasteiger partial charge in [-0.2, -0.15) is 0 Å². The van der Waals surface area contributed by atoms with E-state index in [2.05, 4.69) is 16.0 Å². The highest BCUT2D eigenvalue weighted by atomic mass is 35.5. The van der Waals surface area contributed by atoms with E-state index < -0.39 is 0 Å². The number of halogens is 2. The van der Waals surface area contributed by atoms with Crippen LogP contribution in [0.25, 0.3) is 0 Å². The van der Waals surface area contributed by atoms with E-state index in [1.165, 1.54) is 0 Å². The van der Waals surface area contributed by atoms with Crippen LogP contribution in [0.3, 0.4) is 0 Å². The minimum Gasteiger partial charge on any atom is -0.347 e. The van der Waals surface area contributed by atoms with Crippen molar-refractivity contribution in [1.29, 1.82) is 0 Å².